The summed E-state index contributed by atoms with van der Waals surface area (Å²) in [5.41, 5.74) is 1.44. The van der Waals surface area contributed by atoms with Crippen molar-refractivity contribution in [1.29, 1.82) is 10.5 Å². The molecule has 32 heavy (non-hydrogen) atoms. The van der Waals surface area contributed by atoms with Gasteiger partial charge in [0.15, 0.2) is 11.2 Å². The molecule has 3 atom stereocenters. The number of fused-ring (bicyclic) bond motifs is 3. The summed E-state index contributed by atoms with van der Waals surface area (Å²) in [6.07, 6.45) is 5.35. The highest BCUT2D eigenvalue weighted by molar-refractivity contribution is 6.29. The molecule has 2 aliphatic heterocycles. The summed E-state index contributed by atoms with van der Waals surface area (Å²) in [7, 11) is 0. The Morgan fingerprint density at radius 1 is 1.00 bits per heavy atom. The lowest BCUT2D eigenvalue weighted by Gasteiger charge is -2.35. The van der Waals surface area contributed by atoms with Crippen LogP contribution in [0.25, 0.3) is 6.08 Å². The summed E-state index contributed by atoms with van der Waals surface area (Å²) < 4.78 is 0. The standard InChI is InChI=1S/C26H17ClN4O/c27-22-13-11-19(14-30-22)23-24(25(32)18-7-2-1-3-8-18)31-20-9-5-4-6-17(20)10-12-21(31)26(23,15-28)16-29/h1-14,21,23-24H. The minimum absolute atomic E-state index is 0.145. The number of nitriles is 2. The largest absolute Gasteiger partial charge is 0.351 e. The fourth-order valence-electron chi connectivity index (χ4n) is 4.95. The van der Waals surface area contributed by atoms with Crippen LogP contribution in [0.4, 0.5) is 5.69 Å². The third kappa shape index (κ3) is 2.83. The first-order valence-electron chi connectivity index (χ1n) is 10.2. The molecule has 0 amide bonds. The lowest BCUT2D eigenvalue weighted by molar-refractivity contribution is 0.0951. The van der Waals surface area contributed by atoms with Crippen LogP contribution in [0.5, 0.6) is 0 Å². The van der Waals surface area contributed by atoms with Crippen molar-refractivity contribution in [2.45, 2.75) is 18.0 Å². The Morgan fingerprint density at radius 2 is 1.72 bits per heavy atom. The van der Waals surface area contributed by atoms with Crippen LogP contribution < -0.4 is 4.90 Å². The first kappa shape index (κ1) is 20.0. The van der Waals surface area contributed by atoms with Crippen LogP contribution in [0.3, 0.4) is 0 Å². The van der Waals surface area contributed by atoms with E-state index in [4.69, 9.17) is 11.6 Å². The van der Waals surface area contributed by atoms with Crippen molar-refractivity contribution in [2.75, 3.05) is 4.90 Å². The zero-order valence-electron chi connectivity index (χ0n) is 16.9. The highest BCUT2D eigenvalue weighted by atomic mass is 35.5. The molecule has 0 bridgehead atoms. The quantitative estimate of drug-likeness (QED) is 0.425. The topological polar surface area (TPSA) is 80.8 Å². The van der Waals surface area contributed by atoms with E-state index in [9.17, 15) is 15.3 Å². The molecule has 0 aliphatic carbocycles. The predicted molar refractivity (Wildman–Crippen MR) is 122 cm³/mol. The molecule has 3 unspecified atom stereocenters. The normalized spacial score (nSPS) is 22.3. The van der Waals surface area contributed by atoms with E-state index in [2.05, 4.69) is 17.1 Å². The molecule has 3 heterocycles. The molecule has 0 N–H and O–H groups in total. The molecule has 0 radical (unpaired) electrons. The van der Waals surface area contributed by atoms with Gasteiger partial charge in [0.25, 0.3) is 0 Å². The maximum atomic E-state index is 14.0. The van der Waals surface area contributed by atoms with Crippen LogP contribution in [-0.2, 0) is 0 Å². The second kappa shape index (κ2) is 7.64. The van der Waals surface area contributed by atoms with E-state index in [-0.39, 0.29) is 5.78 Å². The van der Waals surface area contributed by atoms with E-state index >= 15 is 0 Å². The molecule has 0 spiro atoms. The SMILES string of the molecule is N#CC1(C#N)C(c2ccc(Cl)nc2)C(C(=O)c2ccccc2)N2c3ccccc3C=CC21. The number of halogens is 1. The number of Topliss-reactive ketones (excluding diaryl/α,β-unsaturated/α-hetero) is 1. The first-order chi connectivity index (χ1) is 15.6. The van der Waals surface area contributed by atoms with Gasteiger partial charge in [0, 0.05) is 23.4 Å². The summed E-state index contributed by atoms with van der Waals surface area (Å²) >= 11 is 6.01. The molecule has 5 rings (SSSR count). The second-order valence-electron chi connectivity index (χ2n) is 7.93. The van der Waals surface area contributed by atoms with Crippen LogP contribution in [0.1, 0.15) is 27.4 Å². The summed E-state index contributed by atoms with van der Waals surface area (Å²) in [4.78, 5) is 20.1. The molecular formula is C26H17ClN4O. The minimum Gasteiger partial charge on any atom is -0.351 e. The Bertz CT molecular complexity index is 1290. The summed E-state index contributed by atoms with van der Waals surface area (Å²) in [6.45, 7) is 0. The van der Waals surface area contributed by atoms with Crippen LogP contribution in [0.2, 0.25) is 5.15 Å². The Morgan fingerprint density at radius 3 is 2.41 bits per heavy atom. The van der Waals surface area contributed by atoms with Gasteiger partial charge in [-0.3, -0.25) is 4.79 Å². The molecule has 2 aromatic carbocycles. The first-order valence-corrected chi connectivity index (χ1v) is 10.6. The molecule has 154 valence electrons. The zero-order valence-corrected chi connectivity index (χ0v) is 17.6. The van der Waals surface area contributed by atoms with Crippen LogP contribution >= 0.6 is 11.6 Å². The Labute approximate surface area is 190 Å². The van der Waals surface area contributed by atoms with Crippen molar-refractivity contribution in [3.05, 3.63) is 101 Å². The molecule has 3 aromatic rings. The highest BCUT2D eigenvalue weighted by Crippen LogP contribution is 2.55. The predicted octanol–water partition coefficient (Wildman–Crippen LogP) is 5.02. The van der Waals surface area contributed by atoms with Crippen molar-refractivity contribution >= 4 is 29.1 Å². The second-order valence-corrected chi connectivity index (χ2v) is 8.32. The maximum Gasteiger partial charge on any atom is 0.185 e. The molecule has 1 fully saturated rings. The van der Waals surface area contributed by atoms with E-state index in [0.717, 1.165) is 11.3 Å². The molecule has 6 heteroatoms. The van der Waals surface area contributed by atoms with Gasteiger partial charge in [-0.05, 0) is 23.3 Å². The fourth-order valence-corrected chi connectivity index (χ4v) is 5.06. The number of ketones is 1. The number of nitrogens with zero attached hydrogens (tertiary/aromatic N) is 4. The van der Waals surface area contributed by atoms with E-state index in [1.165, 1.54) is 0 Å². The number of carbonyl (C=O) groups excluding carboxylic acids is 1. The van der Waals surface area contributed by atoms with Crippen molar-refractivity contribution in [2.24, 2.45) is 5.41 Å². The van der Waals surface area contributed by atoms with Gasteiger partial charge < -0.3 is 4.90 Å². The average Bonchev–Trinajstić information content (AvgIpc) is 3.15. The van der Waals surface area contributed by atoms with Gasteiger partial charge in [0.05, 0.1) is 18.2 Å². The monoisotopic (exact) mass is 436 g/mol. The maximum absolute atomic E-state index is 14.0. The Kier molecular flexibility index (Phi) is 4.78. The molecule has 1 aromatic heterocycles. The van der Waals surface area contributed by atoms with Gasteiger partial charge in [0.1, 0.15) is 11.2 Å². The number of hydrogen-bond donors (Lipinski definition) is 0. The van der Waals surface area contributed by atoms with Crippen molar-refractivity contribution < 1.29 is 4.79 Å². The number of anilines is 1. The summed E-state index contributed by atoms with van der Waals surface area (Å²) in [5.74, 6) is -0.871. The third-order valence-corrected chi connectivity index (χ3v) is 6.58. The smallest absolute Gasteiger partial charge is 0.185 e. The van der Waals surface area contributed by atoms with Gasteiger partial charge in [-0.2, -0.15) is 10.5 Å². The molecule has 5 nitrogen and oxygen atoms in total. The van der Waals surface area contributed by atoms with Gasteiger partial charge in [0.2, 0.25) is 0 Å². The number of aromatic nitrogens is 1. The van der Waals surface area contributed by atoms with E-state index < -0.39 is 23.4 Å². The Balaban J connectivity index is 1.79. The highest BCUT2D eigenvalue weighted by Gasteiger charge is 2.63. The lowest BCUT2D eigenvalue weighted by Crippen LogP contribution is -2.44. The van der Waals surface area contributed by atoms with Crippen molar-refractivity contribution in [1.82, 2.24) is 4.98 Å². The van der Waals surface area contributed by atoms with Crippen molar-refractivity contribution in [3.8, 4) is 12.1 Å². The van der Waals surface area contributed by atoms with E-state index in [0.29, 0.717) is 16.3 Å². The molecule has 1 saturated heterocycles. The number of rotatable bonds is 3. The Hall–Kier alpha value is -3.93. The minimum atomic E-state index is -1.49. The molecule has 2 aliphatic rings. The summed E-state index contributed by atoms with van der Waals surface area (Å²) in [5, 5.41) is 21.0. The number of pyridine rings is 1. The van der Waals surface area contributed by atoms with Crippen molar-refractivity contribution in [3.63, 3.8) is 0 Å². The summed E-state index contributed by atoms with van der Waals surface area (Å²) in [6, 6.07) is 23.3. The molecule has 0 saturated carbocycles. The van der Waals surface area contributed by atoms with E-state index in [1.807, 2.05) is 59.5 Å². The van der Waals surface area contributed by atoms with Gasteiger partial charge in [-0.25, -0.2) is 4.98 Å². The number of benzene rings is 2. The van der Waals surface area contributed by atoms with Gasteiger partial charge >= 0.3 is 0 Å². The number of carbonyl (C=O) groups is 1. The number of para-hydroxylation sites is 1. The van der Waals surface area contributed by atoms with Crippen LogP contribution in [0.15, 0.2) is 79.0 Å². The van der Waals surface area contributed by atoms with E-state index in [1.54, 1.807) is 30.5 Å². The third-order valence-electron chi connectivity index (χ3n) is 6.35. The van der Waals surface area contributed by atoms with Crippen LogP contribution in [0, 0.1) is 28.1 Å². The molecular weight excluding hydrogens is 420 g/mol. The van der Waals surface area contributed by atoms with Gasteiger partial charge in [-0.1, -0.05) is 78.4 Å². The fraction of sp³-hybridized carbons (Fsp3) is 0.154. The van der Waals surface area contributed by atoms with Gasteiger partial charge in [-0.15, -0.1) is 0 Å². The lowest BCUT2D eigenvalue weighted by atomic mass is 9.69. The number of hydrogen-bond acceptors (Lipinski definition) is 5. The zero-order chi connectivity index (χ0) is 22.3. The van der Waals surface area contributed by atoms with Crippen LogP contribution in [-0.4, -0.2) is 22.9 Å². The average molecular weight is 437 g/mol.